The Balaban J connectivity index is 3.40. The molecule has 0 bridgehead atoms. The monoisotopic (exact) mass is 321 g/mol. The van der Waals surface area contributed by atoms with E-state index in [1.165, 1.54) is 26.7 Å². The fourth-order valence-corrected chi connectivity index (χ4v) is 6.99. The summed E-state index contributed by atoms with van der Waals surface area (Å²) in [5, 5.41) is 5.37. The molecule has 1 aromatic carbocycles. The van der Waals surface area contributed by atoms with Gasteiger partial charge in [0.1, 0.15) is 0 Å². The first-order chi connectivity index (χ1) is 9.11. The van der Waals surface area contributed by atoms with Crippen LogP contribution in [-0.4, -0.2) is 30.6 Å². The molecule has 0 aliphatic heterocycles. The zero-order valence-corrected chi connectivity index (χ0v) is 17.7. The lowest BCUT2D eigenvalue weighted by Gasteiger charge is -2.30. The minimum atomic E-state index is -1.39. The van der Waals surface area contributed by atoms with Crippen molar-refractivity contribution in [3.8, 4) is 5.75 Å². The Morgan fingerprint density at radius 3 is 1.60 bits per heavy atom. The minimum absolute atomic E-state index is 1.09. The van der Waals surface area contributed by atoms with Crippen molar-refractivity contribution >= 4 is 41.0 Å². The zero-order valence-electron chi connectivity index (χ0n) is 14.6. The highest BCUT2D eigenvalue weighted by atomic mass is 28.3. The molecule has 1 rings (SSSR count). The molecule has 0 aromatic heterocycles. The van der Waals surface area contributed by atoms with Crippen molar-refractivity contribution in [2.75, 3.05) is 0 Å². The summed E-state index contributed by atoms with van der Waals surface area (Å²) in [4.78, 5) is 0. The van der Waals surface area contributed by atoms with Crippen LogP contribution in [-0.2, 0) is 0 Å². The van der Waals surface area contributed by atoms with Crippen molar-refractivity contribution in [3.63, 3.8) is 0 Å². The third kappa shape index (κ3) is 4.49. The molecule has 0 saturated carbocycles. The van der Waals surface area contributed by atoms with Crippen LogP contribution in [0.3, 0.4) is 0 Å². The molecule has 0 atom stereocenters. The van der Waals surface area contributed by atoms with Crippen molar-refractivity contribution in [2.45, 2.75) is 63.7 Å². The first kappa shape index (κ1) is 18.0. The molecule has 0 N–H and O–H groups in total. The average molecular weight is 322 g/mol. The summed E-state index contributed by atoms with van der Waals surface area (Å²) >= 11 is -1.09. The van der Waals surface area contributed by atoms with E-state index in [-0.39, 0.29) is 0 Å². The predicted molar refractivity (Wildman–Crippen MR) is 98.6 cm³/mol. The van der Waals surface area contributed by atoms with Crippen molar-refractivity contribution < 1.29 is 3.79 Å². The first-order valence-electron chi connectivity index (χ1n) is 7.83. The molecule has 20 heavy (non-hydrogen) atoms. The van der Waals surface area contributed by atoms with Crippen LogP contribution in [0.5, 0.6) is 5.75 Å². The highest BCUT2D eigenvalue weighted by molar-refractivity contribution is 6.92. The highest BCUT2D eigenvalue weighted by Gasteiger charge is 2.30. The molecule has 0 saturated heterocycles. The van der Waals surface area contributed by atoms with Gasteiger partial charge in [-0.3, -0.25) is 0 Å². The van der Waals surface area contributed by atoms with Gasteiger partial charge in [0.2, 0.25) is 0 Å². The molecule has 0 amide bonds. The maximum Gasteiger partial charge on any atom is 0.546 e. The van der Waals surface area contributed by atoms with E-state index in [9.17, 15) is 0 Å². The van der Waals surface area contributed by atoms with E-state index in [4.69, 9.17) is 3.79 Å². The number of hydrogen-bond acceptors (Lipinski definition) is 1. The van der Waals surface area contributed by atoms with Crippen molar-refractivity contribution in [1.29, 1.82) is 0 Å². The summed E-state index contributed by atoms with van der Waals surface area (Å²) in [6.07, 6.45) is 0. The predicted octanol–water partition coefficient (Wildman–Crippen LogP) is 3.99. The molecule has 0 spiro atoms. The third-order valence-electron chi connectivity index (χ3n) is 3.76. The van der Waals surface area contributed by atoms with Crippen molar-refractivity contribution in [2.24, 2.45) is 0 Å². The Hall–Kier alpha value is -0.0138. The van der Waals surface area contributed by atoms with E-state index in [0.717, 1.165) is 0 Å². The lowest BCUT2D eigenvalue weighted by atomic mass is 10.3. The number of benzene rings is 1. The highest BCUT2D eigenvalue weighted by Crippen LogP contribution is 2.19. The maximum atomic E-state index is 6.62. The molecule has 0 fully saturated rings. The van der Waals surface area contributed by atoms with Crippen LogP contribution in [0.15, 0.2) is 12.1 Å². The van der Waals surface area contributed by atoms with Crippen LogP contribution >= 0.6 is 0 Å². The van der Waals surface area contributed by atoms with Crippen LogP contribution in [0.2, 0.25) is 49.8 Å². The van der Waals surface area contributed by atoms with E-state index < -0.39 is 30.6 Å². The molecule has 111 valence electrons. The fourth-order valence-electron chi connectivity index (χ4n) is 2.35. The maximum absolute atomic E-state index is 6.62. The Morgan fingerprint density at radius 2 is 1.30 bits per heavy atom. The summed E-state index contributed by atoms with van der Waals surface area (Å²) in [5.74, 6) is 1.27. The SMILES string of the molecule is C[CH2][Al]([CH2]C)[O]c1c([Si](C)(C)C)c[c]cc1[Si](C)(C)C. The first-order valence-corrected chi connectivity index (χ1v) is 16.9. The fraction of sp³-hybridized carbons (Fsp3) is 0.625. The third-order valence-corrected chi connectivity index (χ3v) is 10.1. The Labute approximate surface area is 132 Å². The second-order valence-electron chi connectivity index (χ2n) is 7.67. The largest absolute Gasteiger partial charge is 0.643 e. The van der Waals surface area contributed by atoms with Gasteiger partial charge >= 0.3 is 14.5 Å². The normalized spacial score (nSPS) is 12.4. The quantitative estimate of drug-likeness (QED) is 0.720. The van der Waals surface area contributed by atoms with Gasteiger partial charge in [0, 0.05) is 0 Å². The summed E-state index contributed by atoms with van der Waals surface area (Å²) in [5.41, 5.74) is 0. The lowest BCUT2D eigenvalue weighted by Crippen LogP contribution is -2.48. The molecular formula is C16H30AlOSi2. The molecule has 0 heterocycles. The van der Waals surface area contributed by atoms with Gasteiger partial charge in [-0.1, -0.05) is 75.8 Å². The molecule has 0 aliphatic rings. The average Bonchev–Trinajstić information content (AvgIpc) is 2.33. The van der Waals surface area contributed by atoms with Gasteiger partial charge in [-0.05, 0) is 16.4 Å². The van der Waals surface area contributed by atoms with E-state index in [1.807, 2.05) is 0 Å². The van der Waals surface area contributed by atoms with Crippen molar-refractivity contribution in [1.82, 2.24) is 0 Å². The van der Waals surface area contributed by atoms with Gasteiger partial charge in [0.25, 0.3) is 0 Å². The molecular weight excluding hydrogens is 291 g/mol. The van der Waals surface area contributed by atoms with Gasteiger partial charge in [-0.25, -0.2) is 0 Å². The molecule has 0 aliphatic carbocycles. The number of hydrogen-bond donors (Lipinski definition) is 0. The van der Waals surface area contributed by atoms with Gasteiger partial charge in [0.05, 0.1) is 21.9 Å². The molecule has 1 aromatic rings. The van der Waals surface area contributed by atoms with E-state index in [2.05, 4.69) is 71.3 Å². The second kappa shape index (κ2) is 6.83. The zero-order chi connectivity index (χ0) is 15.6. The van der Waals surface area contributed by atoms with Crippen molar-refractivity contribution in [3.05, 3.63) is 18.2 Å². The second-order valence-corrected chi connectivity index (χ2v) is 20.9. The van der Waals surface area contributed by atoms with Crippen LogP contribution in [0.4, 0.5) is 0 Å². The summed E-state index contributed by atoms with van der Waals surface area (Å²) < 4.78 is 6.62. The molecule has 1 nitrogen and oxygen atoms in total. The minimum Gasteiger partial charge on any atom is -0.643 e. The van der Waals surface area contributed by atoms with E-state index in [0.29, 0.717) is 0 Å². The van der Waals surface area contributed by atoms with Crippen LogP contribution in [0.25, 0.3) is 0 Å². The van der Waals surface area contributed by atoms with Gasteiger partial charge in [-0.2, -0.15) is 0 Å². The van der Waals surface area contributed by atoms with Crippen LogP contribution in [0.1, 0.15) is 13.8 Å². The van der Waals surface area contributed by atoms with Gasteiger partial charge in [-0.15, -0.1) is 0 Å². The van der Waals surface area contributed by atoms with E-state index >= 15 is 0 Å². The molecule has 0 unspecified atom stereocenters. The van der Waals surface area contributed by atoms with Crippen LogP contribution in [0, 0.1) is 6.07 Å². The summed E-state index contributed by atoms with van der Waals surface area (Å²) in [6, 6.07) is 7.79. The summed E-state index contributed by atoms with van der Waals surface area (Å²) in [7, 11) is -2.78. The smallest absolute Gasteiger partial charge is 0.546 e. The van der Waals surface area contributed by atoms with Gasteiger partial charge in [0.15, 0.2) is 0 Å². The molecule has 1 radical (unpaired) electrons. The Bertz CT molecular complexity index is 411. The lowest BCUT2D eigenvalue weighted by molar-refractivity contribution is 0.574. The Kier molecular flexibility index (Phi) is 6.16. The van der Waals surface area contributed by atoms with E-state index in [1.54, 1.807) is 0 Å². The molecule has 4 heteroatoms. The van der Waals surface area contributed by atoms with Gasteiger partial charge < -0.3 is 3.79 Å². The Morgan fingerprint density at radius 1 is 0.900 bits per heavy atom. The number of rotatable bonds is 6. The van der Waals surface area contributed by atoms with Crippen LogP contribution < -0.4 is 14.2 Å². The summed E-state index contributed by atoms with van der Waals surface area (Å²) in [6.45, 7) is 19.0. The standard InChI is InChI=1S/C12H21OSi2.2C2H5.Al/c1-14(2,3)10-8-7-9-11(12(10)13)15(4,5)6;2*1-2;/h8-9,13H,1-6H3;2*1H2,2H3;/q;;;+1/p-1. The topological polar surface area (TPSA) is 9.23 Å².